The number of piperidine rings is 1. The number of carbonyl (C=O) groups excluding carboxylic acids is 1. The number of amides is 1. The summed E-state index contributed by atoms with van der Waals surface area (Å²) in [6.45, 7) is 4.15. The number of halogens is 1. The van der Waals surface area contributed by atoms with Crippen molar-refractivity contribution >= 4 is 28.9 Å². The van der Waals surface area contributed by atoms with E-state index in [0.29, 0.717) is 17.2 Å². The van der Waals surface area contributed by atoms with Gasteiger partial charge in [-0.2, -0.15) is 0 Å². The van der Waals surface area contributed by atoms with Gasteiger partial charge in [0, 0.05) is 29.5 Å². The van der Waals surface area contributed by atoms with Gasteiger partial charge in [-0.3, -0.25) is 4.79 Å². The van der Waals surface area contributed by atoms with Crippen molar-refractivity contribution in [1.29, 1.82) is 0 Å². The molecule has 138 valence electrons. The molecule has 0 aromatic heterocycles. The molecule has 3 rings (SSSR count). The van der Waals surface area contributed by atoms with E-state index >= 15 is 0 Å². The maximum atomic E-state index is 12.5. The molecule has 5 heteroatoms. The van der Waals surface area contributed by atoms with E-state index in [2.05, 4.69) is 22.3 Å². The fraction of sp³-hybridized carbons (Fsp3) is 0.381. The van der Waals surface area contributed by atoms with Crippen LogP contribution in [0.4, 0.5) is 11.4 Å². The van der Waals surface area contributed by atoms with Gasteiger partial charge in [0.15, 0.2) is 6.10 Å². The monoisotopic (exact) mass is 372 g/mol. The first-order valence-corrected chi connectivity index (χ1v) is 9.61. The average Bonchev–Trinajstić information content (AvgIpc) is 2.68. The zero-order valence-electron chi connectivity index (χ0n) is 15.1. The second-order valence-corrected chi connectivity index (χ2v) is 6.99. The maximum Gasteiger partial charge on any atom is 0.265 e. The first-order chi connectivity index (χ1) is 12.7. The predicted molar refractivity (Wildman–Crippen MR) is 107 cm³/mol. The van der Waals surface area contributed by atoms with Crippen LogP contribution >= 0.6 is 11.6 Å². The number of nitrogens with one attached hydrogen (secondary N) is 1. The van der Waals surface area contributed by atoms with Crippen LogP contribution in [-0.4, -0.2) is 25.1 Å². The summed E-state index contributed by atoms with van der Waals surface area (Å²) in [6, 6.07) is 15.1. The van der Waals surface area contributed by atoms with E-state index < -0.39 is 6.10 Å². The molecule has 1 amide bonds. The number of hydrogen-bond acceptors (Lipinski definition) is 3. The van der Waals surface area contributed by atoms with Crippen LogP contribution in [0.25, 0.3) is 0 Å². The van der Waals surface area contributed by atoms with Crippen molar-refractivity contribution in [3.63, 3.8) is 0 Å². The Balaban J connectivity index is 1.59. The lowest BCUT2D eigenvalue weighted by Gasteiger charge is -2.28. The molecule has 1 fully saturated rings. The van der Waals surface area contributed by atoms with Crippen molar-refractivity contribution in [2.45, 2.75) is 38.7 Å². The molecule has 1 heterocycles. The lowest BCUT2D eigenvalue weighted by atomic mass is 10.1. The van der Waals surface area contributed by atoms with E-state index in [0.717, 1.165) is 18.8 Å². The van der Waals surface area contributed by atoms with Crippen LogP contribution in [0.3, 0.4) is 0 Å². The van der Waals surface area contributed by atoms with Crippen molar-refractivity contribution < 1.29 is 9.53 Å². The van der Waals surface area contributed by atoms with Gasteiger partial charge < -0.3 is 15.0 Å². The van der Waals surface area contributed by atoms with Gasteiger partial charge in [-0.15, -0.1) is 0 Å². The molecule has 0 spiro atoms. The highest BCUT2D eigenvalue weighted by atomic mass is 35.5. The number of rotatable bonds is 6. The first kappa shape index (κ1) is 18.6. The molecule has 0 saturated carbocycles. The molecule has 1 saturated heterocycles. The number of ether oxygens (including phenoxy) is 1. The second kappa shape index (κ2) is 8.95. The van der Waals surface area contributed by atoms with E-state index in [1.165, 1.54) is 24.9 Å². The first-order valence-electron chi connectivity index (χ1n) is 9.24. The van der Waals surface area contributed by atoms with E-state index in [-0.39, 0.29) is 5.91 Å². The van der Waals surface area contributed by atoms with Gasteiger partial charge in [-0.1, -0.05) is 18.5 Å². The molecule has 1 atom stereocenters. The Morgan fingerprint density at radius 3 is 2.35 bits per heavy atom. The number of nitrogens with zero attached hydrogens (tertiary/aromatic N) is 1. The van der Waals surface area contributed by atoms with Gasteiger partial charge in [0.2, 0.25) is 0 Å². The molecule has 1 N–H and O–H groups in total. The molecule has 1 aliphatic rings. The molecule has 26 heavy (non-hydrogen) atoms. The Bertz CT molecular complexity index is 710. The Morgan fingerprint density at radius 1 is 1.08 bits per heavy atom. The quantitative estimate of drug-likeness (QED) is 0.764. The van der Waals surface area contributed by atoms with Crippen LogP contribution in [-0.2, 0) is 4.79 Å². The highest BCUT2D eigenvalue weighted by Gasteiger charge is 2.19. The van der Waals surface area contributed by atoms with Crippen LogP contribution in [0.1, 0.15) is 32.6 Å². The average molecular weight is 373 g/mol. The molecule has 0 bridgehead atoms. The predicted octanol–water partition coefficient (Wildman–Crippen LogP) is 5.13. The summed E-state index contributed by atoms with van der Waals surface area (Å²) in [5, 5.41) is 3.59. The summed E-state index contributed by atoms with van der Waals surface area (Å²) in [6.07, 6.45) is 3.85. The number of benzene rings is 2. The fourth-order valence-electron chi connectivity index (χ4n) is 3.13. The summed E-state index contributed by atoms with van der Waals surface area (Å²) in [5.41, 5.74) is 2.00. The lowest BCUT2D eigenvalue weighted by molar-refractivity contribution is -0.122. The summed E-state index contributed by atoms with van der Waals surface area (Å²) >= 11 is 5.88. The standard InChI is InChI=1S/C21H25ClN2O2/c1-2-20(26-19-12-6-16(22)7-13-19)21(25)23-17-8-10-18(11-9-17)24-14-4-3-5-15-24/h6-13,20H,2-5,14-15H2,1H3,(H,23,25). The van der Waals surface area contributed by atoms with E-state index in [1.54, 1.807) is 24.3 Å². The van der Waals surface area contributed by atoms with Crippen molar-refractivity contribution in [2.24, 2.45) is 0 Å². The smallest absolute Gasteiger partial charge is 0.265 e. The van der Waals surface area contributed by atoms with Crippen molar-refractivity contribution in [3.8, 4) is 5.75 Å². The normalized spacial score (nSPS) is 15.4. The van der Waals surface area contributed by atoms with E-state index in [9.17, 15) is 4.79 Å². The molecule has 2 aromatic carbocycles. The number of anilines is 2. The van der Waals surface area contributed by atoms with Crippen LogP contribution < -0.4 is 15.0 Å². The third-order valence-corrected chi connectivity index (χ3v) is 4.86. The molecule has 0 aliphatic carbocycles. The van der Waals surface area contributed by atoms with Gasteiger partial charge >= 0.3 is 0 Å². The molecular formula is C21H25ClN2O2. The second-order valence-electron chi connectivity index (χ2n) is 6.55. The van der Waals surface area contributed by atoms with Crippen molar-refractivity contribution in [2.75, 3.05) is 23.3 Å². The zero-order chi connectivity index (χ0) is 18.4. The van der Waals surface area contributed by atoms with Gasteiger partial charge in [0.05, 0.1) is 0 Å². The van der Waals surface area contributed by atoms with Gasteiger partial charge in [-0.05, 0) is 74.2 Å². The summed E-state index contributed by atoms with van der Waals surface area (Å²) in [4.78, 5) is 14.9. The van der Waals surface area contributed by atoms with Gasteiger partial charge in [-0.25, -0.2) is 0 Å². The number of carbonyl (C=O) groups is 1. The van der Waals surface area contributed by atoms with Gasteiger partial charge in [0.25, 0.3) is 5.91 Å². The SMILES string of the molecule is CCC(Oc1ccc(Cl)cc1)C(=O)Nc1ccc(N2CCCCC2)cc1. The number of hydrogen-bond donors (Lipinski definition) is 1. The fourth-order valence-corrected chi connectivity index (χ4v) is 3.26. The highest BCUT2D eigenvalue weighted by molar-refractivity contribution is 6.30. The minimum absolute atomic E-state index is 0.145. The zero-order valence-corrected chi connectivity index (χ0v) is 15.8. The van der Waals surface area contributed by atoms with Crippen LogP contribution in [0.5, 0.6) is 5.75 Å². The van der Waals surface area contributed by atoms with Crippen molar-refractivity contribution in [1.82, 2.24) is 0 Å². The maximum absolute atomic E-state index is 12.5. The van der Waals surface area contributed by atoms with Gasteiger partial charge in [0.1, 0.15) is 5.75 Å². The van der Waals surface area contributed by atoms with E-state index in [4.69, 9.17) is 16.3 Å². The minimum atomic E-state index is -0.544. The summed E-state index contributed by atoms with van der Waals surface area (Å²) in [5.74, 6) is 0.491. The summed E-state index contributed by atoms with van der Waals surface area (Å²) < 4.78 is 5.79. The Kier molecular flexibility index (Phi) is 6.40. The third kappa shape index (κ3) is 4.92. The molecule has 1 unspecified atom stereocenters. The molecular weight excluding hydrogens is 348 g/mol. The Morgan fingerprint density at radius 2 is 1.73 bits per heavy atom. The Labute approximate surface area is 160 Å². The highest BCUT2D eigenvalue weighted by Crippen LogP contribution is 2.22. The van der Waals surface area contributed by atoms with Crippen molar-refractivity contribution in [3.05, 3.63) is 53.6 Å². The summed E-state index contributed by atoms with van der Waals surface area (Å²) in [7, 11) is 0. The van der Waals surface area contributed by atoms with Crippen LogP contribution in [0, 0.1) is 0 Å². The largest absolute Gasteiger partial charge is 0.481 e. The molecule has 4 nitrogen and oxygen atoms in total. The lowest BCUT2D eigenvalue weighted by Crippen LogP contribution is -2.32. The van der Waals surface area contributed by atoms with Crippen LogP contribution in [0.2, 0.25) is 5.02 Å². The van der Waals surface area contributed by atoms with Crippen LogP contribution in [0.15, 0.2) is 48.5 Å². The third-order valence-electron chi connectivity index (χ3n) is 4.61. The Hall–Kier alpha value is -2.20. The molecule has 0 radical (unpaired) electrons. The topological polar surface area (TPSA) is 41.6 Å². The van der Waals surface area contributed by atoms with E-state index in [1.807, 2.05) is 19.1 Å². The molecule has 2 aromatic rings. The molecule has 1 aliphatic heterocycles. The minimum Gasteiger partial charge on any atom is -0.481 e.